The first-order valence-electron chi connectivity index (χ1n) is 5.34. The third-order valence-electron chi connectivity index (χ3n) is 2.74. The van der Waals surface area contributed by atoms with Gasteiger partial charge in [-0.2, -0.15) is 0 Å². The van der Waals surface area contributed by atoms with Gasteiger partial charge in [-0.1, -0.05) is 15.9 Å². The van der Waals surface area contributed by atoms with Gasteiger partial charge in [0, 0.05) is 23.1 Å². The fourth-order valence-corrected chi connectivity index (χ4v) is 2.49. The van der Waals surface area contributed by atoms with Gasteiger partial charge in [0.1, 0.15) is 0 Å². The highest BCUT2D eigenvalue weighted by Crippen LogP contribution is 2.35. The van der Waals surface area contributed by atoms with Crippen LogP contribution in [0.3, 0.4) is 0 Å². The molecule has 3 heteroatoms. The number of nitrogens with one attached hydrogen (secondary N) is 1. The standard InChI is InChI=1S/C12H17BrN2/c1-4-15-8-12(2,3)14-10-7-9(13)5-6-11(10)15/h5-7,14H,4,8H2,1-3H3. The zero-order valence-electron chi connectivity index (χ0n) is 9.47. The topological polar surface area (TPSA) is 15.3 Å². The number of nitrogens with zero attached hydrogens (tertiary/aromatic N) is 1. The van der Waals surface area contributed by atoms with Crippen LogP contribution in [0.2, 0.25) is 0 Å². The lowest BCUT2D eigenvalue weighted by Gasteiger charge is -2.41. The lowest BCUT2D eigenvalue weighted by atomic mass is 9.99. The third-order valence-corrected chi connectivity index (χ3v) is 3.23. The van der Waals surface area contributed by atoms with Crippen LogP contribution in [0, 0.1) is 0 Å². The van der Waals surface area contributed by atoms with Crippen LogP contribution in [0.25, 0.3) is 0 Å². The number of anilines is 2. The molecule has 0 atom stereocenters. The molecule has 1 N–H and O–H groups in total. The average molecular weight is 269 g/mol. The molecule has 0 bridgehead atoms. The first-order valence-corrected chi connectivity index (χ1v) is 6.14. The number of likely N-dealkylation sites (N-methyl/N-ethyl adjacent to an activating group) is 1. The molecule has 1 heterocycles. The van der Waals surface area contributed by atoms with Gasteiger partial charge in [-0.3, -0.25) is 0 Å². The largest absolute Gasteiger partial charge is 0.377 e. The highest BCUT2D eigenvalue weighted by Gasteiger charge is 2.28. The summed E-state index contributed by atoms with van der Waals surface area (Å²) < 4.78 is 1.13. The number of benzene rings is 1. The molecule has 82 valence electrons. The average Bonchev–Trinajstić information content (AvgIpc) is 2.14. The van der Waals surface area contributed by atoms with Crippen molar-refractivity contribution in [1.29, 1.82) is 0 Å². The van der Waals surface area contributed by atoms with E-state index >= 15 is 0 Å². The van der Waals surface area contributed by atoms with Crippen LogP contribution in [0.1, 0.15) is 20.8 Å². The van der Waals surface area contributed by atoms with E-state index in [0.29, 0.717) is 0 Å². The molecule has 1 aliphatic rings. The Morgan fingerprint density at radius 2 is 2.20 bits per heavy atom. The Morgan fingerprint density at radius 1 is 1.47 bits per heavy atom. The van der Waals surface area contributed by atoms with Crippen LogP contribution in [0.5, 0.6) is 0 Å². The zero-order chi connectivity index (χ0) is 11.1. The minimum Gasteiger partial charge on any atom is -0.377 e. The lowest BCUT2D eigenvalue weighted by molar-refractivity contribution is 0.537. The highest BCUT2D eigenvalue weighted by atomic mass is 79.9. The summed E-state index contributed by atoms with van der Waals surface area (Å²) in [5, 5.41) is 3.57. The fraction of sp³-hybridized carbons (Fsp3) is 0.500. The molecule has 2 rings (SSSR count). The zero-order valence-corrected chi connectivity index (χ0v) is 11.1. The summed E-state index contributed by atoms with van der Waals surface area (Å²) in [4.78, 5) is 2.41. The molecule has 15 heavy (non-hydrogen) atoms. The van der Waals surface area contributed by atoms with Gasteiger partial charge < -0.3 is 10.2 Å². The summed E-state index contributed by atoms with van der Waals surface area (Å²) >= 11 is 3.51. The lowest BCUT2D eigenvalue weighted by Crippen LogP contribution is -2.48. The van der Waals surface area contributed by atoms with Gasteiger partial charge in [0.15, 0.2) is 0 Å². The van der Waals surface area contributed by atoms with Crippen molar-refractivity contribution < 1.29 is 0 Å². The van der Waals surface area contributed by atoms with E-state index in [9.17, 15) is 0 Å². The maximum atomic E-state index is 3.57. The molecule has 1 aromatic carbocycles. The number of hydrogen-bond acceptors (Lipinski definition) is 2. The normalized spacial score (nSPS) is 18.3. The van der Waals surface area contributed by atoms with E-state index in [4.69, 9.17) is 0 Å². The van der Waals surface area contributed by atoms with Crippen molar-refractivity contribution in [3.63, 3.8) is 0 Å². The minimum absolute atomic E-state index is 0.143. The number of rotatable bonds is 1. The predicted molar refractivity (Wildman–Crippen MR) is 69.7 cm³/mol. The summed E-state index contributed by atoms with van der Waals surface area (Å²) in [6.45, 7) is 8.78. The molecule has 2 nitrogen and oxygen atoms in total. The van der Waals surface area contributed by atoms with Gasteiger partial charge in [-0.25, -0.2) is 0 Å². The SMILES string of the molecule is CCN1CC(C)(C)Nc2cc(Br)ccc21. The molecule has 0 saturated heterocycles. The summed E-state index contributed by atoms with van der Waals surface area (Å²) in [7, 11) is 0. The van der Waals surface area contributed by atoms with Crippen molar-refractivity contribution in [3.05, 3.63) is 22.7 Å². The van der Waals surface area contributed by atoms with E-state index in [-0.39, 0.29) is 5.54 Å². The van der Waals surface area contributed by atoms with Crippen molar-refractivity contribution in [2.24, 2.45) is 0 Å². The van der Waals surface area contributed by atoms with E-state index in [1.165, 1.54) is 11.4 Å². The molecule has 0 saturated carbocycles. The quantitative estimate of drug-likeness (QED) is 0.839. The van der Waals surface area contributed by atoms with Gasteiger partial charge in [0.05, 0.1) is 11.4 Å². The Hall–Kier alpha value is -0.700. The van der Waals surface area contributed by atoms with Gasteiger partial charge >= 0.3 is 0 Å². The first kappa shape index (κ1) is 10.8. The van der Waals surface area contributed by atoms with Gasteiger partial charge in [0.25, 0.3) is 0 Å². The highest BCUT2D eigenvalue weighted by molar-refractivity contribution is 9.10. The van der Waals surface area contributed by atoms with Gasteiger partial charge in [-0.15, -0.1) is 0 Å². The Kier molecular flexibility index (Phi) is 2.67. The molecule has 0 fully saturated rings. The molecule has 1 aliphatic heterocycles. The van der Waals surface area contributed by atoms with Crippen LogP contribution in [-0.4, -0.2) is 18.6 Å². The van der Waals surface area contributed by atoms with Crippen LogP contribution in [-0.2, 0) is 0 Å². The summed E-state index contributed by atoms with van der Waals surface area (Å²) in [5.74, 6) is 0. The van der Waals surface area contributed by atoms with E-state index in [0.717, 1.165) is 17.6 Å². The molecule has 0 aromatic heterocycles. The summed E-state index contributed by atoms with van der Waals surface area (Å²) in [5.41, 5.74) is 2.67. The van der Waals surface area contributed by atoms with Crippen LogP contribution < -0.4 is 10.2 Å². The summed E-state index contributed by atoms with van der Waals surface area (Å²) in [6, 6.07) is 6.42. The van der Waals surface area contributed by atoms with E-state index < -0.39 is 0 Å². The van der Waals surface area contributed by atoms with E-state index in [2.05, 4.69) is 65.1 Å². The van der Waals surface area contributed by atoms with Crippen LogP contribution in [0.4, 0.5) is 11.4 Å². The first-order chi connectivity index (χ1) is 7.02. The Balaban J connectivity index is 2.44. The van der Waals surface area contributed by atoms with Crippen LogP contribution in [0.15, 0.2) is 22.7 Å². The smallest absolute Gasteiger partial charge is 0.0603 e. The molecule has 0 unspecified atom stereocenters. The second-order valence-electron chi connectivity index (χ2n) is 4.68. The van der Waals surface area contributed by atoms with Crippen molar-refractivity contribution in [1.82, 2.24) is 0 Å². The van der Waals surface area contributed by atoms with Gasteiger partial charge in [-0.05, 0) is 39.0 Å². The molecule has 0 amide bonds. The molecule has 0 spiro atoms. The van der Waals surface area contributed by atoms with E-state index in [1.807, 2.05) is 0 Å². The molecule has 0 radical (unpaired) electrons. The molecular formula is C12H17BrN2. The summed E-state index contributed by atoms with van der Waals surface area (Å²) in [6.07, 6.45) is 0. The van der Waals surface area contributed by atoms with Crippen molar-refractivity contribution in [2.75, 3.05) is 23.3 Å². The second kappa shape index (κ2) is 3.71. The minimum atomic E-state index is 0.143. The number of fused-ring (bicyclic) bond motifs is 1. The second-order valence-corrected chi connectivity index (χ2v) is 5.60. The molecular weight excluding hydrogens is 252 g/mol. The van der Waals surface area contributed by atoms with Crippen molar-refractivity contribution >= 4 is 27.3 Å². The number of halogens is 1. The Bertz CT molecular complexity index is 374. The molecule has 1 aromatic rings. The monoisotopic (exact) mass is 268 g/mol. The maximum Gasteiger partial charge on any atom is 0.0603 e. The third kappa shape index (κ3) is 2.12. The van der Waals surface area contributed by atoms with Gasteiger partial charge in [0.2, 0.25) is 0 Å². The van der Waals surface area contributed by atoms with E-state index in [1.54, 1.807) is 0 Å². The Morgan fingerprint density at radius 3 is 2.87 bits per heavy atom. The predicted octanol–water partition coefficient (Wildman–Crippen LogP) is 3.48. The fourth-order valence-electron chi connectivity index (χ4n) is 2.13. The maximum absolute atomic E-state index is 3.57. The molecule has 0 aliphatic carbocycles. The Labute approximate surface area is 99.8 Å². The van der Waals surface area contributed by atoms with Crippen molar-refractivity contribution in [3.8, 4) is 0 Å². The van der Waals surface area contributed by atoms with Crippen LogP contribution >= 0.6 is 15.9 Å². The number of hydrogen-bond donors (Lipinski definition) is 1. The van der Waals surface area contributed by atoms with Crippen molar-refractivity contribution in [2.45, 2.75) is 26.3 Å².